The van der Waals surface area contributed by atoms with Gasteiger partial charge in [0.05, 0.1) is 5.02 Å². The van der Waals surface area contributed by atoms with Crippen LogP contribution in [0.25, 0.3) is 0 Å². The van der Waals surface area contributed by atoms with Crippen molar-refractivity contribution in [3.63, 3.8) is 0 Å². The quantitative estimate of drug-likeness (QED) is 0.819. The molecule has 0 bridgehead atoms. The van der Waals surface area contributed by atoms with E-state index in [4.69, 9.17) is 11.6 Å². The van der Waals surface area contributed by atoms with Crippen LogP contribution in [0.5, 0.6) is 0 Å². The Labute approximate surface area is 108 Å². The van der Waals surface area contributed by atoms with Crippen molar-refractivity contribution in [1.29, 1.82) is 0 Å². The van der Waals surface area contributed by atoms with Crippen LogP contribution in [-0.2, 0) is 0 Å². The molecule has 0 aliphatic heterocycles. The molecular weight excluding hydrogens is 238 g/mol. The molecule has 0 saturated heterocycles. The van der Waals surface area contributed by atoms with Crippen molar-refractivity contribution in [2.24, 2.45) is 5.41 Å². The summed E-state index contributed by atoms with van der Waals surface area (Å²) < 4.78 is 0. The van der Waals surface area contributed by atoms with Gasteiger partial charge in [-0.1, -0.05) is 32.4 Å². The number of nitrogens with one attached hydrogen (secondary N) is 1. The van der Waals surface area contributed by atoms with Crippen molar-refractivity contribution >= 4 is 22.9 Å². The van der Waals surface area contributed by atoms with Gasteiger partial charge in [-0.2, -0.15) is 0 Å². The molecule has 92 valence electrons. The highest BCUT2D eigenvalue weighted by molar-refractivity contribution is 7.10. The molecular formula is C13H22ClNS. The molecule has 0 amide bonds. The van der Waals surface area contributed by atoms with E-state index in [2.05, 4.69) is 38.4 Å². The average Bonchev–Trinajstić information content (AvgIpc) is 2.49. The molecule has 1 aromatic rings. The predicted molar refractivity (Wildman–Crippen MR) is 74.6 cm³/mol. The zero-order valence-electron chi connectivity index (χ0n) is 10.9. The molecule has 1 atom stereocenters. The zero-order chi connectivity index (χ0) is 12.3. The van der Waals surface area contributed by atoms with E-state index in [0.717, 1.165) is 11.4 Å². The number of rotatable bonds is 4. The van der Waals surface area contributed by atoms with Crippen LogP contribution in [0.1, 0.15) is 50.1 Å². The third-order valence-electron chi connectivity index (χ3n) is 2.77. The van der Waals surface area contributed by atoms with Gasteiger partial charge in [-0.25, -0.2) is 0 Å². The van der Waals surface area contributed by atoms with Gasteiger partial charge in [0.15, 0.2) is 0 Å². The van der Waals surface area contributed by atoms with Crippen LogP contribution in [0.3, 0.4) is 0 Å². The van der Waals surface area contributed by atoms with Crippen LogP contribution in [0, 0.1) is 12.3 Å². The first kappa shape index (κ1) is 14.0. The number of aryl methyl sites for hydroxylation is 1. The molecule has 1 N–H and O–H groups in total. The third kappa shape index (κ3) is 3.76. The highest BCUT2D eigenvalue weighted by atomic mass is 35.5. The zero-order valence-corrected chi connectivity index (χ0v) is 12.4. The molecule has 0 fully saturated rings. The Morgan fingerprint density at radius 1 is 1.44 bits per heavy atom. The van der Waals surface area contributed by atoms with Crippen molar-refractivity contribution < 1.29 is 0 Å². The van der Waals surface area contributed by atoms with E-state index in [-0.39, 0.29) is 0 Å². The van der Waals surface area contributed by atoms with Gasteiger partial charge >= 0.3 is 0 Å². The van der Waals surface area contributed by atoms with Crippen molar-refractivity contribution in [2.45, 2.75) is 46.6 Å². The van der Waals surface area contributed by atoms with Crippen LogP contribution in [-0.4, -0.2) is 7.05 Å². The van der Waals surface area contributed by atoms with Gasteiger partial charge in [0, 0.05) is 10.9 Å². The van der Waals surface area contributed by atoms with Crippen LogP contribution >= 0.6 is 22.9 Å². The van der Waals surface area contributed by atoms with Gasteiger partial charge in [-0.3, -0.25) is 0 Å². The summed E-state index contributed by atoms with van der Waals surface area (Å²) in [6, 6.07) is 0.394. The Bertz CT molecular complexity index is 338. The smallest absolute Gasteiger partial charge is 0.0590 e. The van der Waals surface area contributed by atoms with Gasteiger partial charge in [-0.15, -0.1) is 11.3 Å². The topological polar surface area (TPSA) is 12.0 Å². The third-order valence-corrected chi connectivity index (χ3v) is 4.60. The molecule has 1 aromatic heterocycles. The number of halogens is 1. The second-order valence-corrected chi connectivity index (χ2v) is 6.83. The molecule has 0 aromatic carbocycles. The van der Waals surface area contributed by atoms with Crippen molar-refractivity contribution in [3.05, 3.63) is 20.8 Å². The maximum atomic E-state index is 6.30. The van der Waals surface area contributed by atoms with E-state index in [1.165, 1.54) is 16.9 Å². The normalized spacial score (nSPS) is 14.1. The molecule has 1 nitrogen and oxygen atoms in total. The molecule has 1 unspecified atom stereocenters. The lowest BCUT2D eigenvalue weighted by Gasteiger charge is -2.22. The number of hydrogen-bond donors (Lipinski definition) is 1. The van der Waals surface area contributed by atoms with E-state index in [9.17, 15) is 0 Å². The standard InChI is InChI=1S/C13H22ClNS/c1-9-8-16-12(11(9)14)10(15-5)6-7-13(2,3)4/h8,10,15H,6-7H2,1-5H3. The van der Waals surface area contributed by atoms with Crippen LogP contribution in [0.4, 0.5) is 0 Å². The second kappa shape index (κ2) is 5.52. The molecule has 0 aliphatic carbocycles. The van der Waals surface area contributed by atoms with E-state index < -0.39 is 0 Å². The van der Waals surface area contributed by atoms with Gasteiger partial charge < -0.3 is 5.32 Å². The Morgan fingerprint density at radius 3 is 2.44 bits per heavy atom. The van der Waals surface area contributed by atoms with Crippen LogP contribution < -0.4 is 5.32 Å². The van der Waals surface area contributed by atoms with E-state index in [0.29, 0.717) is 11.5 Å². The molecule has 0 spiro atoms. The minimum absolute atomic E-state index is 0.383. The number of thiophene rings is 1. The first-order valence-corrected chi connectivity index (χ1v) is 7.01. The van der Waals surface area contributed by atoms with Gasteiger partial charge in [0.2, 0.25) is 0 Å². The number of hydrogen-bond acceptors (Lipinski definition) is 2. The minimum atomic E-state index is 0.383. The molecule has 0 aliphatic rings. The molecule has 0 saturated carbocycles. The summed E-state index contributed by atoms with van der Waals surface area (Å²) >= 11 is 8.07. The summed E-state index contributed by atoms with van der Waals surface area (Å²) in [5, 5.41) is 6.45. The highest BCUT2D eigenvalue weighted by Gasteiger charge is 2.19. The lowest BCUT2D eigenvalue weighted by Crippen LogP contribution is -2.18. The fourth-order valence-electron chi connectivity index (χ4n) is 1.67. The molecule has 3 heteroatoms. The SMILES string of the molecule is CNC(CCC(C)(C)C)c1scc(C)c1Cl. The maximum absolute atomic E-state index is 6.30. The van der Waals surface area contributed by atoms with Crippen LogP contribution in [0.15, 0.2) is 5.38 Å². The summed E-state index contributed by atoms with van der Waals surface area (Å²) in [6.45, 7) is 8.90. The average molecular weight is 260 g/mol. The fourth-order valence-corrected chi connectivity index (χ4v) is 3.14. The summed E-state index contributed by atoms with van der Waals surface area (Å²) in [6.07, 6.45) is 2.34. The molecule has 1 rings (SSSR count). The fraction of sp³-hybridized carbons (Fsp3) is 0.692. The van der Waals surface area contributed by atoms with Gasteiger partial charge in [-0.05, 0) is 43.2 Å². The Hall–Kier alpha value is -0.0500. The lowest BCUT2D eigenvalue weighted by molar-refractivity contribution is 0.339. The van der Waals surface area contributed by atoms with Crippen molar-refractivity contribution in [1.82, 2.24) is 5.32 Å². The molecule has 16 heavy (non-hydrogen) atoms. The first-order valence-electron chi connectivity index (χ1n) is 5.76. The molecule has 0 radical (unpaired) electrons. The first-order chi connectivity index (χ1) is 7.35. The summed E-state index contributed by atoms with van der Waals surface area (Å²) in [5.74, 6) is 0. The van der Waals surface area contributed by atoms with E-state index in [1.807, 2.05) is 7.05 Å². The largest absolute Gasteiger partial charge is 0.312 e. The van der Waals surface area contributed by atoms with Crippen molar-refractivity contribution in [3.8, 4) is 0 Å². The highest BCUT2D eigenvalue weighted by Crippen LogP contribution is 2.36. The maximum Gasteiger partial charge on any atom is 0.0590 e. The van der Waals surface area contributed by atoms with E-state index in [1.54, 1.807) is 11.3 Å². The minimum Gasteiger partial charge on any atom is -0.312 e. The summed E-state index contributed by atoms with van der Waals surface area (Å²) in [4.78, 5) is 1.28. The van der Waals surface area contributed by atoms with Crippen molar-refractivity contribution in [2.75, 3.05) is 7.05 Å². The monoisotopic (exact) mass is 259 g/mol. The summed E-state index contributed by atoms with van der Waals surface area (Å²) in [7, 11) is 2.01. The Kier molecular flexibility index (Phi) is 4.84. The lowest BCUT2D eigenvalue weighted by atomic mass is 9.88. The Balaban J connectivity index is 2.72. The summed E-state index contributed by atoms with van der Waals surface area (Å²) in [5.41, 5.74) is 1.58. The van der Waals surface area contributed by atoms with E-state index >= 15 is 0 Å². The second-order valence-electron chi connectivity index (χ2n) is 5.54. The molecule has 1 heterocycles. The predicted octanol–water partition coefficient (Wildman–Crippen LogP) is 4.80. The van der Waals surface area contributed by atoms with Gasteiger partial charge in [0.25, 0.3) is 0 Å². The van der Waals surface area contributed by atoms with Gasteiger partial charge in [0.1, 0.15) is 0 Å². The Morgan fingerprint density at radius 2 is 2.06 bits per heavy atom. The van der Waals surface area contributed by atoms with Crippen LogP contribution in [0.2, 0.25) is 5.02 Å².